The van der Waals surface area contributed by atoms with Gasteiger partial charge in [0.05, 0.1) is 7.11 Å². The number of aromatic nitrogens is 3. The van der Waals surface area contributed by atoms with Crippen molar-refractivity contribution in [3.63, 3.8) is 0 Å². The summed E-state index contributed by atoms with van der Waals surface area (Å²) in [7, 11) is 1.55. The average molecular weight is 417 g/mol. The number of thioether (sulfide) groups is 1. The van der Waals surface area contributed by atoms with Crippen LogP contribution in [0.5, 0.6) is 11.5 Å². The number of rotatable bonds is 7. The van der Waals surface area contributed by atoms with Crippen LogP contribution in [0.15, 0.2) is 47.6 Å². The zero-order valence-electron chi connectivity index (χ0n) is 17.0. The van der Waals surface area contributed by atoms with Crippen molar-refractivity contribution in [2.45, 2.75) is 43.7 Å². The Bertz CT molecular complexity index is 968. The van der Waals surface area contributed by atoms with Gasteiger partial charge in [0.25, 0.3) is 0 Å². The summed E-state index contributed by atoms with van der Waals surface area (Å²) in [6.07, 6.45) is 0. The second-order valence-electron chi connectivity index (χ2n) is 7.58. The Morgan fingerprint density at radius 3 is 2.48 bits per heavy atom. The molecule has 6 nitrogen and oxygen atoms in total. The van der Waals surface area contributed by atoms with Crippen molar-refractivity contribution >= 4 is 11.8 Å². The molecule has 0 amide bonds. The zero-order chi connectivity index (χ0) is 21.0. The Balaban J connectivity index is 1.62. The first kappa shape index (κ1) is 21.0. The van der Waals surface area contributed by atoms with Crippen molar-refractivity contribution in [3.8, 4) is 11.5 Å². The lowest BCUT2D eigenvalue weighted by molar-refractivity contribution is 0.291. The van der Waals surface area contributed by atoms with E-state index in [0.717, 1.165) is 11.3 Å². The summed E-state index contributed by atoms with van der Waals surface area (Å²) in [4.78, 5) is 0. The molecule has 0 aliphatic carbocycles. The van der Waals surface area contributed by atoms with Crippen LogP contribution in [-0.4, -0.2) is 22.0 Å². The molecular weight excluding hydrogens is 391 g/mol. The molecule has 3 aromatic rings. The highest BCUT2D eigenvalue weighted by Crippen LogP contribution is 2.28. The first-order valence-electron chi connectivity index (χ1n) is 9.16. The van der Waals surface area contributed by atoms with Crippen molar-refractivity contribution in [2.75, 3.05) is 13.0 Å². The number of nitrogens with two attached hydrogens (primary N) is 1. The van der Waals surface area contributed by atoms with E-state index in [-0.39, 0.29) is 17.8 Å². The Morgan fingerprint density at radius 1 is 1.10 bits per heavy atom. The van der Waals surface area contributed by atoms with Crippen molar-refractivity contribution in [1.29, 1.82) is 0 Å². The van der Waals surface area contributed by atoms with Crippen molar-refractivity contribution < 1.29 is 13.9 Å². The molecule has 0 aliphatic rings. The molecule has 0 aliphatic heterocycles. The molecule has 0 unspecified atom stereocenters. The lowest BCUT2D eigenvalue weighted by atomic mass is 9.87. The number of hydrogen-bond donors (Lipinski definition) is 1. The summed E-state index contributed by atoms with van der Waals surface area (Å²) in [5, 5.41) is 8.71. The fraction of sp³-hybridized carbons (Fsp3) is 0.333. The predicted octanol–water partition coefficient (Wildman–Crippen LogP) is 4.31. The average Bonchev–Trinajstić information content (AvgIpc) is 3.04. The number of hydrogen-bond acceptors (Lipinski definition) is 6. The highest BCUT2D eigenvalue weighted by atomic mass is 32.2. The van der Waals surface area contributed by atoms with Gasteiger partial charge in [-0.3, -0.25) is 0 Å². The van der Waals surface area contributed by atoms with Gasteiger partial charge < -0.3 is 15.3 Å². The van der Waals surface area contributed by atoms with E-state index in [0.29, 0.717) is 22.5 Å². The second kappa shape index (κ2) is 8.73. The van der Waals surface area contributed by atoms with Crippen molar-refractivity contribution in [1.82, 2.24) is 14.9 Å². The molecule has 0 spiro atoms. The Hall–Kier alpha value is -2.74. The van der Waals surface area contributed by atoms with Gasteiger partial charge in [0, 0.05) is 11.3 Å². The van der Waals surface area contributed by atoms with Crippen LogP contribution in [0.3, 0.4) is 0 Å². The molecule has 0 atom stereocenters. The maximum atomic E-state index is 13.5. The lowest BCUT2D eigenvalue weighted by Gasteiger charge is -2.19. The molecule has 3 rings (SSSR count). The summed E-state index contributed by atoms with van der Waals surface area (Å²) in [6.45, 7) is 6.69. The molecule has 154 valence electrons. The molecule has 0 saturated carbocycles. The van der Waals surface area contributed by atoms with Gasteiger partial charge >= 0.3 is 0 Å². The molecule has 0 saturated heterocycles. The number of halogens is 1. The van der Waals surface area contributed by atoms with E-state index in [1.54, 1.807) is 13.2 Å². The normalized spacial score (nSPS) is 11.5. The Kier molecular flexibility index (Phi) is 6.32. The minimum Gasteiger partial charge on any atom is -0.496 e. The molecule has 29 heavy (non-hydrogen) atoms. The number of nitrogens with zero attached hydrogens (tertiary/aromatic N) is 3. The summed E-state index contributed by atoms with van der Waals surface area (Å²) in [5.41, 5.74) is 2.04. The maximum absolute atomic E-state index is 13.5. The smallest absolute Gasteiger partial charge is 0.210 e. The minimum atomic E-state index is -0.317. The molecule has 2 aromatic carbocycles. The zero-order valence-corrected chi connectivity index (χ0v) is 17.8. The fourth-order valence-corrected chi connectivity index (χ4v) is 3.56. The van der Waals surface area contributed by atoms with Crippen molar-refractivity contribution in [3.05, 3.63) is 65.2 Å². The first-order chi connectivity index (χ1) is 13.8. The molecule has 8 heteroatoms. The van der Waals surface area contributed by atoms with E-state index in [2.05, 4.69) is 43.1 Å². The molecule has 0 bridgehead atoms. The number of methoxy groups -OCH3 is 1. The predicted molar refractivity (Wildman–Crippen MR) is 112 cm³/mol. The fourth-order valence-electron chi connectivity index (χ4n) is 2.71. The van der Waals surface area contributed by atoms with Crippen LogP contribution in [0.1, 0.15) is 37.7 Å². The van der Waals surface area contributed by atoms with Crippen LogP contribution in [0.2, 0.25) is 0 Å². The largest absolute Gasteiger partial charge is 0.496 e. The minimum absolute atomic E-state index is 0.0897. The first-order valence-corrected chi connectivity index (χ1v) is 10.1. The molecular formula is C21H25FN4O2S. The summed E-state index contributed by atoms with van der Waals surface area (Å²) >= 11 is 1.35. The number of benzene rings is 2. The van der Waals surface area contributed by atoms with E-state index >= 15 is 0 Å². The van der Waals surface area contributed by atoms with Crippen LogP contribution in [0.25, 0.3) is 0 Å². The van der Waals surface area contributed by atoms with Crippen molar-refractivity contribution in [2.24, 2.45) is 0 Å². The Labute approximate surface area is 174 Å². The summed E-state index contributed by atoms with van der Waals surface area (Å²) in [5.74, 6) is 8.08. The van der Waals surface area contributed by atoms with Crippen LogP contribution in [0.4, 0.5) is 4.39 Å². The number of ether oxygens (including phenoxy) is 2. The van der Waals surface area contributed by atoms with Gasteiger partial charge in [-0.25, -0.2) is 9.07 Å². The van der Waals surface area contributed by atoms with Gasteiger partial charge in [-0.15, -0.1) is 10.2 Å². The van der Waals surface area contributed by atoms with Crippen LogP contribution >= 0.6 is 11.8 Å². The SMILES string of the molecule is COc1ccc(F)cc1CSc1nnc(COc2ccc(C(C)(C)C)cc2)n1N. The Morgan fingerprint density at radius 2 is 1.83 bits per heavy atom. The van der Waals surface area contributed by atoms with Crippen LogP contribution < -0.4 is 15.3 Å². The van der Waals surface area contributed by atoms with Crippen LogP contribution in [0, 0.1) is 5.82 Å². The summed E-state index contributed by atoms with van der Waals surface area (Å²) < 4.78 is 25.9. The van der Waals surface area contributed by atoms with Gasteiger partial charge in [-0.2, -0.15) is 0 Å². The molecule has 1 aromatic heterocycles. The monoisotopic (exact) mass is 416 g/mol. The highest BCUT2D eigenvalue weighted by Gasteiger charge is 2.15. The molecule has 0 radical (unpaired) electrons. The van der Waals surface area contributed by atoms with Crippen LogP contribution in [-0.2, 0) is 17.8 Å². The van der Waals surface area contributed by atoms with Gasteiger partial charge in [0.1, 0.15) is 23.9 Å². The lowest BCUT2D eigenvalue weighted by Crippen LogP contribution is -2.16. The quantitative estimate of drug-likeness (QED) is 0.457. The molecule has 1 heterocycles. The van der Waals surface area contributed by atoms with E-state index < -0.39 is 0 Å². The highest BCUT2D eigenvalue weighted by molar-refractivity contribution is 7.98. The number of nitrogen functional groups attached to an aromatic ring is 1. The van der Waals surface area contributed by atoms with E-state index in [1.165, 1.54) is 34.1 Å². The third-order valence-corrected chi connectivity index (χ3v) is 5.41. The third kappa shape index (κ3) is 5.20. The summed E-state index contributed by atoms with van der Waals surface area (Å²) in [6, 6.07) is 12.4. The molecule has 2 N–H and O–H groups in total. The topological polar surface area (TPSA) is 75.2 Å². The van der Waals surface area contributed by atoms with Gasteiger partial charge in [0.15, 0.2) is 5.82 Å². The third-order valence-electron chi connectivity index (χ3n) is 4.42. The second-order valence-corrected chi connectivity index (χ2v) is 8.52. The van der Waals surface area contributed by atoms with Gasteiger partial charge in [-0.05, 0) is 41.3 Å². The van der Waals surface area contributed by atoms with Gasteiger partial charge in [-0.1, -0.05) is 44.7 Å². The van der Waals surface area contributed by atoms with E-state index in [9.17, 15) is 4.39 Å². The maximum Gasteiger partial charge on any atom is 0.210 e. The van der Waals surface area contributed by atoms with E-state index in [4.69, 9.17) is 15.3 Å². The van der Waals surface area contributed by atoms with E-state index in [1.807, 2.05) is 12.1 Å². The van der Waals surface area contributed by atoms with Gasteiger partial charge in [0.2, 0.25) is 5.16 Å². The standard InChI is InChI=1S/C21H25FN4O2S/c1-21(2,3)15-5-8-17(9-6-15)28-12-19-24-25-20(26(19)23)29-13-14-11-16(22)7-10-18(14)27-4/h5-11H,12-13,23H2,1-4H3. The molecule has 0 fully saturated rings.